The van der Waals surface area contributed by atoms with Crippen molar-refractivity contribution >= 4 is 11.7 Å². The van der Waals surface area contributed by atoms with E-state index in [9.17, 15) is 9.90 Å². The van der Waals surface area contributed by atoms with Gasteiger partial charge in [0.05, 0.1) is 13.0 Å². The van der Waals surface area contributed by atoms with Crippen LogP contribution in [-0.4, -0.2) is 18.2 Å². The lowest BCUT2D eigenvalue weighted by molar-refractivity contribution is -0.139. The molecule has 0 aromatic heterocycles. The van der Waals surface area contributed by atoms with Gasteiger partial charge in [-0.1, -0.05) is 13.8 Å². The second-order valence-electron chi connectivity index (χ2n) is 4.52. The number of carbonyl (C=O) groups is 1. The van der Waals surface area contributed by atoms with Crippen LogP contribution < -0.4 is 10.5 Å². The summed E-state index contributed by atoms with van der Waals surface area (Å²) >= 11 is 0. The Balaban J connectivity index is 3.12. The highest BCUT2D eigenvalue weighted by Crippen LogP contribution is 2.31. The van der Waals surface area contributed by atoms with Crippen LogP contribution in [0.15, 0.2) is 18.2 Å². The van der Waals surface area contributed by atoms with Crippen LogP contribution in [0, 0.1) is 5.92 Å². The fourth-order valence-electron chi connectivity index (χ4n) is 1.81. The van der Waals surface area contributed by atoms with E-state index in [1.54, 1.807) is 25.3 Å². The summed E-state index contributed by atoms with van der Waals surface area (Å²) in [4.78, 5) is 11.3. The van der Waals surface area contributed by atoms with Crippen molar-refractivity contribution in [2.75, 3.05) is 12.8 Å². The minimum absolute atomic E-state index is 0.293. The van der Waals surface area contributed by atoms with Gasteiger partial charge < -0.3 is 15.6 Å². The number of methoxy groups -OCH3 is 1. The Hall–Kier alpha value is -1.71. The summed E-state index contributed by atoms with van der Waals surface area (Å²) in [5, 5.41) is 9.27. The van der Waals surface area contributed by atoms with Crippen LogP contribution in [0.4, 0.5) is 5.69 Å². The third kappa shape index (κ3) is 3.37. The largest absolute Gasteiger partial charge is 0.497 e. The molecule has 0 heterocycles. The lowest BCUT2D eigenvalue weighted by Crippen LogP contribution is -2.15. The Morgan fingerprint density at radius 2 is 2.12 bits per heavy atom. The molecule has 0 radical (unpaired) electrons. The molecule has 0 amide bonds. The monoisotopic (exact) mass is 237 g/mol. The molecule has 4 heteroatoms. The number of nitrogens with two attached hydrogens (primary N) is 1. The van der Waals surface area contributed by atoms with Crippen molar-refractivity contribution in [3.05, 3.63) is 23.8 Å². The SMILES string of the molecule is COc1ccc(N)c(C(CC(C)C)C(=O)O)c1. The van der Waals surface area contributed by atoms with E-state index >= 15 is 0 Å². The van der Waals surface area contributed by atoms with E-state index < -0.39 is 11.9 Å². The number of hydrogen-bond donors (Lipinski definition) is 2. The minimum Gasteiger partial charge on any atom is -0.497 e. The van der Waals surface area contributed by atoms with E-state index in [1.807, 2.05) is 13.8 Å². The van der Waals surface area contributed by atoms with E-state index in [0.717, 1.165) is 0 Å². The van der Waals surface area contributed by atoms with Gasteiger partial charge in [-0.05, 0) is 36.1 Å². The number of ether oxygens (including phenoxy) is 1. The predicted molar refractivity (Wildman–Crippen MR) is 67.2 cm³/mol. The molecule has 0 saturated carbocycles. The van der Waals surface area contributed by atoms with Gasteiger partial charge in [0.25, 0.3) is 0 Å². The first kappa shape index (κ1) is 13.4. The average Bonchev–Trinajstić information content (AvgIpc) is 2.26. The van der Waals surface area contributed by atoms with Crippen LogP contribution in [0.3, 0.4) is 0 Å². The summed E-state index contributed by atoms with van der Waals surface area (Å²) in [5.74, 6) is -0.505. The number of hydrogen-bond acceptors (Lipinski definition) is 3. The highest BCUT2D eigenvalue weighted by atomic mass is 16.5. The normalized spacial score (nSPS) is 12.5. The van der Waals surface area contributed by atoms with Crippen LogP contribution in [0.1, 0.15) is 31.7 Å². The molecule has 94 valence electrons. The van der Waals surface area contributed by atoms with Crippen molar-refractivity contribution in [3.8, 4) is 5.75 Å². The number of carboxylic acids is 1. The second kappa shape index (κ2) is 5.57. The van der Waals surface area contributed by atoms with Crippen molar-refractivity contribution in [1.29, 1.82) is 0 Å². The molecule has 0 aliphatic carbocycles. The summed E-state index contributed by atoms with van der Waals surface area (Å²) in [6.45, 7) is 3.98. The Morgan fingerprint density at radius 3 is 2.59 bits per heavy atom. The Morgan fingerprint density at radius 1 is 1.47 bits per heavy atom. The molecule has 4 nitrogen and oxygen atoms in total. The average molecular weight is 237 g/mol. The number of aliphatic carboxylic acids is 1. The van der Waals surface area contributed by atoms with Crippen molar-refractivity contribution in [2.45, 2.75) is 26.2 Å². The van der Waals surface area contributed by atoms with E-state index in [1.165, 1.54) is 0 Å². The van der Waals surface area contributed by atoms with Gasteiger partial charge >= 0.3 is 5.97 Å². The van der Waals surface area contributed by atoms with Crippen molar-refractivity contribution in [2.24, 2.45) is 5.92 Å². The molecule has 0 saturated heterocycles. The van der Waals surface area contributed by atoms with E-state index in [4.69, 9.17) is 10.5 Å². The van der Waals surface area contributed by atoms with Crippen LogP contribution in [0.25, 0.3) is 0 Å². The fraction of sp³-hybridized carbons (Fsp3) is 0.462. The highest BCUT2D eigenvalue weighted by Gasteiger charge is 2.23. The van der Waals surface area contributed by atoms with E-state index in [2.05, 4.69) is 0 Å². The number of anilines is 1. The second-order valence-corrected chi connectivity index (χ2v) is 4.52. The molecule has 1 aromatic carbocycles. The molecule has 0 aliphatic rings. The lowest BCUT2D eigenvalue weighted by Gasteiger charge is -2.17. The van der Waals surface area contributed by atoms with Crippen LogP contribution >= 0.6 is 0 Å². The highest BCUT2D eigenvalue weighted by molar-refractivity contribution is 5.79. The zero-order valence-electron chi connectivity index (χ0n) is 10.4. The molecule has 17 heavy (non-hydrogen) atoms. The fourth-order valence-corrected chi connectivity index (χ4v) is 1.81. The quantitative estimate of drug-likeness (QED) is 0.772. The topological polar surface area (TPSA) is 72.5 Å². The standard InChI is InChI=1S/C13H19NO3/c1-8(2)6-11(13(15)16)10-7-9(17-3)4-5-12(10)14/h4-5,7-8,11H,6,14H2,1-3H3,(H,15,16). The molecule has 0 fully saturated rings. The van der Waals surface area contributed by atoms with E-state index in [0.29, 0.717) is 29.3 Å². The zero-order valence-corrected chi connectivity index (χ0v) is 10.4. The predicted octanol–water partition coefficient (Wildman–Crippen LogP) is 2.49. The molecule has 1 aromatic rings. The van der Waals surface area contributed by atoms with Gasteiger partial charge in [0.1, 0.15) is 5.75 Å². The summed E-state index contributed by atoms with van der Waals surface area (Å²) in [6, 6.07) is 5.12. The molecule has 1 atom stereocenters. The smallest absolute Gasteiger partial charge is 0.311 e. The summed E-state index contributed by atoms with van der Waals surface area (Å²) < 4.78 is 5.10. The van der Waals surface area contributed by atoms with Gasteiger partial charge in [-0.15, -0.1) is 0 Å². The molecule has 0 bridgehead atoms. The van der Waals surface area contributed by atoms with E-state index in [-0.39, 0.29) is 0 Å². The molecular weight excluding hydrogens is 218 g/mol. The summed E-state index contributed by atoms with van der Waals surface area (Å²) in [5.41, 5.74) is 6.97. The first-order valence-corrected chi connectivity index (χ1v) is 5.62. The minimum atomic E-state index is -0.848. The third-order valence-corrected chi connectivity index (χ3v) is 2.67. The number of nitrogen functional groups attached to an aromatic ring is 1. The number of carboxylic acid groups (broad SMARTS) is 1. The van der Waals surface area contributed by atoms with Crippen molar-refractivity contribution in [3.63, 3.8) is 0 Å². The third-order valence-electron chi connectivity index (χ3n) is 2.67. The number of rotatable bonds is 5. The van der Waals surface area contributed by atoms with Gasteiger partial charge in [-0.3, -0.25) is 4.79 Å². The first-order valence-electron chi connectivity index (χ1n) is 5.62. The molecule has 3 N–H and O–H groups in total. The Labute approximate surface area is 101 Å². The molecule has 1 unspecified atom stereocenters. The van der Waals surface area contributed by atoms with Gasteiger partial charge in [0, 0.05) is 5.69 Å². The van der Waals surface area contributed by atoms with Crippen LogP contribution in [0.2, 0.25) is 0 Å². The maximum absolute atomic E-state index is 11.3. The van der Waals surface area contributed by atoms with Crippen LogP contribution in [0.5, 0.6) is 5.75 Å². The molecule has 0 aliphatic heterocycles. The van der Waals surface area contributed by atoms with Gasteiger partial charge in [0.2, 0.25) is 0 Å². The maximum Gasteiger partial charge on any atom is 0.311 e. The van der Waals surface area contributed by atoms with Gasteiger partial charge in [-0.25, -0.2) is 0 Å². The van der Waals surface area contributed by atoms with Gasteiger partial charge in [-0.2, -0.15) is 0 Å². The first-order chi connectivity index (χ1) is 7.95. The molecule has 1 rings (SSSR count). The van der Waals surface area contributed by atoms with Gasteiger partial charge in [0.15, 0.2) is 0 Å². The Kier molecular flexibility index (Phi) is 4.37. The van der Waals surface area contributed by atoms with Crippen molar-refractivity contribution in [1.82, 2.24) is 0 Å². The lowest BCUT2D eigenvalue weighted by atomic mass is 9.89. The number of benzene rings is 1. The zero-order chi connectivity index (χ0) is 13.0. The molecular formula is C13H19NO3. The maximum atomic E-state index is 11.3. The summed E-state index contributed by atoms with van der Waals surface area (Å²) in [7, 11) is 1.55. The van der Waals surface area contributed by atoms with Crippen LogP contribution in [-0.2, 0) is 4.79 Å². The molecule has 0 spiro atoms. The van der Waals surface area contributed by atoms with Crippen molar-refractivity contribution < 1.29 is 14.6 Å². The summed E-state index contributed by atoms with van der Waals surface area (Å²) in [6.07, 6.45) is 0.562. The Bertz CT molecular complexity index is 402.